The number of methoxy groups -OCH3 is 1. The molecule has 2 aromatic carbocycles. The smallest absolute Gasteiger partial charge is 0.387 e. The van der Waals surface area contributed by atoms with E-state index in [0.29, 0.717) is 5.57 Å². The minimum atomic E-state index is -3.02. The van der Waals surface area contributed by atoms with E-state index in [0.717, 1.165) is 12.1 Å². The second kappa shape index (κ2) is 9.25. The molecule has 0 bridgehead atoms. The van der Waals surface area contributed by atoms with Crippen LogP contribution in [0.5, 0.6) is 11.5 Å². The summed E-state index contributed by atoms with van der Waals surface area (Å²) >= 11 is 0. The fraction of sp³-hybridized carbons (Fsp3) is 0.250. The molecule has 4 nitrogen and oxygen atoms in total. The van der Waals surface area contributed by atoms with Crippen molar-refractivity contribution >= 4 is 12.0 Å². The van der Waals surface area contributed by atoms with E-state index < -0.39 is 24.2 Å². The monoisotopic (exact) mass is 397 g/mol. The number of alkyl halides is 2. The van der Waals surface area contributed by atoms with Gasteiger partial charge in [-0.15, -0.1) is 0 Å². The number of likely N-dealkylation sites (N-methyl/N-ethyl adjacent to an activating group) is 1. The number of hydrogen-bond donors (Lipinski definition) is 0. The van der Waals surface area contributed by atoms with Crippen molar-refractivity contribution in [3.8, 4) is 11.5 Å². The lowest BCUT2D eigenvalue weighted by molar-refractivity contribution is -0.0512. The molecule has 0 N–H and O–H groups in total. The van der Waals surface area contributed by atoms with Crippen LogP contribution < -0.4 is 9.47 Å². The SMILES string of the molecule is COc1cc(C(=O)N(C)C/C(C)=C/c2ccc(F)cc2F)ccc1OC(F)F. The van der Waals surface area contributed by atoms with Gasteiger partial charge < -0.3 is 14.4 Å². The van der Waals surface area contributed by atoms with Gasteiger partial charge in [0.15, 0.2) is 11.5 Å². The van der Waals surface area contributed by atoms with Crippen molar-refractivity contribution < 1.29 is 31.8 Å². The minimum absolute atomic E-state index is 0.000183. The number of nitrogens with zero attached hydrogens (tertiary/aromatic N) is 1. The maximum absolute atomic E-state index is 13.7. The fourth-order valence-electron chi connectivity index (χ4n) is 2.59. The minimum Gasteiger partial charge on any atom is -0.493 e. The second-order valence-electron chi connectivity index (χ2n) is 6.06. The van der Waals surface area contributed by atoms with Crippen LogP contribution in [0.15, 0.2) is 42.0 Å². The molecular weight excluding hydrogens is 378 g/mol. The zero-order valence-corrected chi connectivity index (χ0v) is 15.5. The quantitative estimate of drug-likeness (QED) is 0.633. The molecule has 2 rings (SSSR count). The predicted octanol–water partition coefficient (Wildman–Crippen LogP) is 4.75. The third kappa shape index (κ3) is 5.48. The first-order valence-corrected chi connectivity index (χ1v) is 8.21. The van der Waals surface area contributed by atoms with Gasteiger partial charge in [-0.05, 0) is 37.3 Å². The van der Waals surface area contributed by atoms with Gasteiger partial charge >= 0.3 is 6.61 Å². The molecule has 0 unspecified atom stereocenters. The summed E-state index contributed by atoms with van der Waals surface area (Å²) < 4.78 is 60.8. The third-order valence-electron chi connectivity index (χ3n) is 3.82. The fourth-order valence-corrected chi connectivity index (χ4v) is 2.59. The average Bonchev–Trinajstić information content (AvgIpc) is 2.63. The van der Waals surface area contributed by atoms with E-state index in [1.807, 2.05) is 0 Å². The second-order valence-corrected chi connectivity index (χ2v) is 6.06. The summed E-state index contributed by atoms with van der Waals surface area (Å²) in [4.78, 5) is 13.9. The first-order valence-electron chi connectivity index (χ1n) is 8.21. The summed E-state index contributed by atoms with van der Waals surface area (Å²) in [6, 6.07) is 7.11. The lowest BCUT2D eigenvalue weighted by Crippen LogP contribution is -2.28. The number of hydrogen-bond acceptors (Lipinski definition) is 3. The summed E-state index contributed by atoms with van der Waals surface area (Å²) in [5.41, 5.74) is 1.07. The molecule has 0 atom stereocenters. The lowest BCUT2D eigenvalue weighted by Gasteiger charge is -2.19. The average molecular weight is 397 g/mol. The largest absolute Gasteiger partial charge is 0.493 e. The summed E-state index contributed by atoms with van der Waals surface area (Å²) in [7, 11) is 2.81. The van der Waals surface area contributed by atoms with Crippen molar-refractivity contribution in [2.45, 2.75) is 13.5 Å². The van der Waals surface area contributed by atoms with Gasteiger partial charge in [0.2, 0.25) is 0 Å². The standard InChI is InChI=1S/C20H19F4NO3/c1-12(8-13-4-6-15(21)10-16(13)22)11-25(2)19(26)14-5-7-17(28-20(23)24)18(9-14)27-3/h4-10,20H,11H2,1-3H3/b12-8+. The Labute approximate surface area is 160 Å². The Morgan fingerprint density at radius 1 is 1.14 bits per heavy atom. The number of carbonyl (C=O) groups excluding carboxylic acids is 1. The highest BCUT2D eigenvalue weighted by Gasteiger charge is 2.17. The summed E-state index contributed by atoms with van der Waals surface area (Å²) in [5.74, 6) is -1.95. The molecule has 0 heterocycles. The van der Waals surface area contributed by atoms with Gasteiger partial charge in [0.05, 0.1) is 7.11 Å². The molecule has 8 heteroatoms. The van der Waals surface area contributed by atoms with Gasteiger partial charge in [-0.3, -0.25) is 4.79 Å². The van der Waals surface area contributed by atoms with Crippen LogP contribution in [0, 0.1) is 11.6 Å². The lowest BCUT2D eigenvalue weighted by atomic mass is 10.1. The van der Waals surface area contributed by atoms with Crippen LogP contribution in [0.4, 0.5) is 17.6 Å². The van der Waals surface area contributed by atoms with E-state index in [1.165, 1.54) is 49.4 Å². The van der Waals surface area contributed by atoms with Crippen molar-refractivity contribution in [1.29, 1.82) is 0 Å². The van der Waals surface area contributed by atoms with Gasteiger partial charge in [0, 0.05) is 30.8 Å². The molecule has 0 spiro atoms. The molecule has 0 aliphatic carbocycles. The van der Waals surface area contributed by atoms with E-state index >= 15 is 0 Å². The van der Waals surface area contributed by atoms with Crippen LogP contribution in [0.1, 0.15) is 22.8 Å². The van der Waals surface area contributed by atoms with Crippen LogP contribution in [-0.2, 0) is 0 Å². The number of amides is 1. The number of carbonyl (C=O) groups is 1. The van der Waals surface area contributed by atoms with E-state index in [-0.39, 0.29) is 29.2 Å². The van der Waals surface area contributed by atoms with Crippen LogP contribution in [0.2, 0.25) is 0 Å². The molecule has 2 aromatic rings. The van der Waals surface area contributed by atoms with Crippen LogP contribution in [0.3, 0.4) is 0 Å². The molecule has 1 amide bonds. The highest BCUT2D eigenvalue weighted by atomic mass is 19.3. The Bertz CT molecular complexity index is 884. The summed E-state index contributed by atoms with van der Waals surface area (Å²) in [5, 5.41) is 0. The zero-order chi connectivity index (χ0) is 20.8. The Morgan fingerprint density at radius 2 is 1.86 bits per heavy atom. The Morgan fingerprint density at radius 3 is 2.46 bits per heavy atom. The number of benzene rings is 2. The van der Waals surface area contributed by atoms with Gasteiger partial charge in [-0.2, -0.15) is 8.78 Å². The third-order valence-corrected chi connectivity index (χ3v) is 3.82. The van der Waals surface area contributed by atoms with Gasteiger partial charge in [0.1, 0.15) is 11.6 Å². The molecule has 0 aliphatic rings. The normalized spacial score (nSPS) is 11.5. The molecule has 0 radical (unpaired) electrons. The first kappa shape index (κ1) is 21.3. The number of ether oxygens (including phenoxy) is 2. The van der Waals surface area contributed by atoms with Gasteiger partial charge in [0.25, 0.3) is 5.91 Å². The van der Waals surface area contributed by atoms with Crippen LogP contribution in [-0.4, -0.2) is 38.1 Å². The first-order chi connectivity index (χ1) is 13.2. The van der Waals surface area contributed by atoms with E-state index in [9.17, 15) is 22.4 Å². The zero-order valence-electron chi connectivity index (χ0n) is 15.5. The maximum Gasteiger partial charge on any atom is 0.387 e. The molecule has 150 valence electrons. The van der Waals surface area contributed by atoms with Gasteiger partial charge in [-0.25, -0.2) is 8.78 Å². The van der Waals surface area contributed by atoms with Crippen molar-refractivity contribution in [3.05, 3.63) is 64.7 Å². The molecule has 28 heavy (non-hydrogen) atoms. The van der Waals surface area contributed by atoms with E-state index in [4.69, 9.17) is 4.74 Å². The van der Waals surface area contributed by atoms with Crippen molar-refractivity contribution in [3.63, 3.8) is 0 Å². The van der Waals surface area contributed by atoms with Crippen molar-refractivity contribution in [2.75, 3.05) is 20.7 Å². The predicted molar refractivity (Wildman–Crippen MR) is 96.6 cm³/mol. The highest BCUT2D eigenvalue weighted by Crippen LogP contribution is 2.30. The molecule has 0 fully saturated rings. The molecular formula is C20H19F4NO3. The Hall–Kier alpha value is -3.03. The van der Waals surface area contributed by atoms with Crippen LogP contribution in [0.25, 0.3) is 6.08 Å². The summed E-state index contributed by atoms with van der Waals surface area (Å²) in [6.45, 7) is -1.14. The van der Waals surface area contributed by atoms with Crippen molar-refractivity contribution in [1.82, 2.24) is 4.90 Å². The molecule has 0 saturated heterocycles. The summed E-state index contributed by atoms with van der Waals surface area (Å²) in [6.07, 6.45) is 1.51. The Balaban J connectivity index is 2.14. The van der Waals surface area contributed by atoms with Crippen molar-refractivity contribution in [2.24, 2.45) is 0 Å². The molecule has 0 aromatic heterocycles. The Kier molecular flexibility index (Phi) is 7.03. The number of halogens is 4. The van der Waals surface area contributed by atoms with E-state index in [1.54, 1.807) is 6.92 Å². The van der Waals surface area contributed by atoms with Gasteiger partial charge in [-0.1, -0.05) is 11.6 Å². The highest BCUT2D eigenvalue weighted by molar-refractivity contribution is 5.95. The topological polar surface area (TPSA) is 38.8 Å². The van der Waals surface area contributed by atoms with Crippen LogP contribution >= 0.6 is 0 Å². The molecule has 0 saturated carbocycles. The maximum atomic E-state index is 13.7. The number of rotatable bonds is 7. The molecule has 0 aliphatic heterocycles. The van der Waals surface area contributed by atoms with E-state index in [2.05, 4.69) is 4.74 Å².